The predicted molar refractivity (Wildman–Crippen MR) is 78.8 cm³/mol. The Bertz CT molecular complexity index is 227. The summed E-state index contributed by atoms with van der Waals surface area (Å²) in [5.74, 6) is 2.18. The van der Waals surface area contributed by atoms with E-state index < -0.39 is 0 Å². The second kappa shape index (κ2) is 7.49. The molecule has 1 N–H and O–H groups in total. The van der Waals surface area contributed by atoms with Gasteiger partial charge in [-0.05, 0) is 38.6 Å². The van der Waals surface area contributed by atoms with Gasteiger partial charge in [0.1, 0.15) is 0 Å². The molecule has 1 fully saturated rings. The molecule has 0 aromatic heterocycles. The maximum absolute atomic E-state index is 6.02. The van der Waals surface area contributed by atoms with Gasteiger partial charge in [0.15, 0.2) is 0 Å². The van der Waals surface area contributed by atoms with Crippen LogP contribution in [0.5, 0.6) is 0 Å². The Morgan fingerprint density at radius 3 is 2.00 bits per heavy atom. The van der Waals surface area contributed by atoms with Gasteiger partial charge in [0.25, 0.3) is 0 Å². The summed E-state index contributed by atoms with van der Waals surface area (Å²) in [6.07, 6.45) is 4.70. The maximum Gasteiger partial charge on any atom is 0.0597 e. The molecule has 108 valence electrons. The zero-order chi connectivity index (χ0) is 13.7. The largest absolute Gasteiger partial charge is 0.375 e. The summed E-state index contributed by atoms with van der Waals surface area (Å²) in [7, 11) is 0. The molecule has 0 bridgehead atoms. The second-order valence-corrected chi connectivity index (χ2v) is 6.07. The molecule has 5 unspecified atom stereocenters. The van der Waals surface area contributed by atoms with E-state index in [1.807, 2.05) is 0 Å². The van der Waals surface area contributed by atoms with Gasteiger partial charge in [-0.2, -0.15) is 0 Å². The number of nitrogens with one attached hydrogen (secondary N) is 1. The van der Waals surface area contributed by atoms with E-state index in [1.165, 1.54) is 19.3 Å². The highest BCUT2D eigenvalue weighted by Crippen LogP contribution is 2.36. The van der Waals surface area contributed by atoms with Crippen LogP contribution in [0.3, 0.4) is 0 Å². The van der Waals surface area contributed by atoms with Crippen molar-refractivity contribution in [3.05, 3.63) is 0 Å². The number of ether oxygens (including phenoxy) is 1. The summed E-state index contributed by atoms with van der Waals surface area (Å²) in [4.78, 5) is 0. The molecule has 0 radical (unpaired) electrons. The molecule has 0 amide bonds. The summed E-state index contributed by atoms with van der Waals surface area (Å²) in [6, 6.07) is 0.620. The topological polar surface area (TPSA) is 21.3 Å². The Hall–Kier alpha value is -0.0800. The average Bonchev–Trinajstić information content (AvgIpc) is 2.59. The van der Waals surface area contributed by atoms with E-state index in [1.54, 1.807) is 0 Å². The van der Waals surface area contributed by atoms with E-state index in [4.69, 9.17) is 4.74 Å². The first-order chi connectivity index (χ1) is 8.54. The molecule has 1 saturated heterocycles. The maximum atomic E-state index is 6.02. The van der Waals surface area contributed by atoms with Crippen molar-refractivity contribution in [1.82, 2.24) is 5.32 Å². The van der Waals surface area contributed by atoms with Crippen LogP contribution in [0, 0.1) is 17.8 Å². The number of hydrogen-bond donors (Lipinski definition) is 1. The molecule has 1 aliphatic heterocycles. The molecule has 5 atom stereocenters. The highest BCUT2D eigenvalue weighted by molar-refractivity contribution is 4.92. The number of hydrogen-bond acceptors (Lipinski definition) is 2. The van der Waals surface area contributed by atoms with Gasteiger partial charge in [0.05, 0.1) is 12.2 Å². The summed E-state index contributed by atoms with van der Waals surface area (Å²) in [5, 5.41) is 3.73. The Labute approximate surface area is 114 Å². The quantitative estimate of drug-likeness (QED) is 0.746. The standard InChI is InChI=1S/C16H33NO/c1-7-14(8-2)10-15(17-9-3)16-11(4)12(5)18-13(16)6/h11-17H,7-10H2,1-6H3. The van der Waals surface area contributed by atoms with Crippen molar-refractivity contribution >= 4 is 0 Å². The highest BCUT2D eigenvalue weighted by Gasteiger charge is 2.41. The smallest absolute Gasteiger partial charge is 0.0597 e. The van der Waals surface area contributed by atoms with Gasteiger partial charge in [-0.1, -0.05) is 40.5 Å². The average molecular weight is 255 g/mol. The molecule has 2 nitrogen and oxygen atoms in total. The molecule has 0 spiro atoms. The Morgan fingerprint density at radius 2 is 1.61 bits per heavy atom. The van der Waals surface area contributed by atoms with Crippen molar-refractivity contribution in [2.75, 3.05) is 6.54 Å². The molecule has 1 heterocycles. The minimum atomic E-state index is 0.397. The Kier molecular flexibility index (Phi) is 6.65. The first kappa shape index (κ1) is 16.0. The fourth-order valence-corrected chi connectivity index (χ4v) is 3.61. The van der Waals surface area contributed by atoms with Crippen molar-refractivity contribution < 1.29 is 4.74 Å². The van der Waals surface area contributed by atoms with Crippen molar-refractivity contribution in [1.29, 1.82) is 0 Å². The molecular weight excluding hydrogens is 222 g/mol. The van der Waals surface area contributed by atoms with E-state index in [9.17, 15) is 0 Å². The molecule has 0 aromatic carbocycles. The molecule has 18 heavy (non-hydrogen) atoms. The fraction of sp³-hybridized carbons (Fsp3) is 1.00. The lowest BCUT2D eigenvalue weighted by molar-refractivity contribution is 0.0464. The van der Waals surface area contributed by atoms with Gasteiger partial charge in [0, 0.05) is 12.0 Å². The number of rotatable bonds is 7. The zero-order valence-corrected chi connectivity index (χ0v) is 13.2. The van der Waals surface area contributed by atoms with Gasteiger partial charge >= 0.3 is 0 Å². The molecule has 0 aromatic rings. The van der Waals surface area contributed by atoms with E-state index >= 15 is 0 Å². The van der Waals surface area contributed by atoms with Gasteiger partial charge < -0.3 is 10.1 Å². The van der Waals surface area contributed by atoms with Crippen LogP contribution in [0.4, 0.5) is 0 Å². The van der Waals surface area contributed by atoms with Gasteiger partial charge in [-0.3, -0.25) is 0 Å². The SMILES string of the molecule is CCNC(CC(CC)CC)C1C(C)OC(C)C1C. The predicted octanol–water partition coefficient (Wildman–Crippen LogP) is 3.85. The van der Waals surface area contributed by atoms with Crippen LogP contribution in [-0.2, 0) is 4.74 Å². The van der Waals surface area contributed by atoms with Crippen molar-refractivity contribution in [3.63, 3.8) is 0 Å². The monoisotopic (exact) mass is 255 g/mol. The first-order valence-corrected chi connectivity index (χ1v) is 7.93. The van der Waals surface area contributed by atoms with Crippen LogP contribution >= 0.6 is 0 Å². The van der Waals surface area contributed by atoms with E-state index in [0.717, 1.165) is 12.5 Å². The lowest BCUT2D eigenvalue weighted by atomic mass is 9.79. The van der Waals surface area contributed by atoms with E-state index in [2.05, 4.69) is 46.9 Å². The van der Waals surface area contributed by atoms with Gasteiger partial charge in [0.2, 0.25) is 0 Å². The molecule has 0 aliphatic carbocycles. The molecule has 1 rings (SSSR count). The van der Waals surface area contributed by atoms with E-state index in [-0.39, 0.29) is 0 Å². The van der Waals surface area contributed by atoms with Crippen molar-refractivity contribution in [3.8, 4) is 0 Å². The summed E-state index contributed by atoms with van der Waals surface area (Å²) in [5.41, 5.74) is 0. The molecule has 1 aliphatic rings. The highest BCUT2D eigenvalue weighted by atomic mass is 16.5. The summed E-state index contributed by atoms with van der Waals surface area (Å²) >= 11 is 0. The van der Waals surface area contributed by atoms with Crippen LogP contribution < -0.4 is 5.32 Å². The lowest BCUT2D eigenvalue weighted by Gasteiger charge is -2.32. The van der Waals surface area contributed by atoms with Crippen LogP contribution in [0.2, 0.25) is 0 Å². The van der Waals surface area contributed by atoms with Crippen LogP contribution in [-0.4, -0.2) is 24.8 Å². The minimum Gasteiger partial charge on any atom is -0.375 e. The zero-order valence-electron chi connectivity index (χ0n) is 13.2. The van der Waals surface area contributed by atoms with Crippen LogP contribution in [0.25, 0.3) is 0 Å². The van der Waals surface area contributed by atoms with Gasteiger partial charge in [-0.15, -0.1) is 0 Å². The van der Waals surface area contributed by atoms with Crippen LogP contribution in [0.1, 0.15) is 60.8 Å². The van der Waals surface area contributed by atoms with Gasteiger partial charge in [-0.25, -0.2) is 0 Å². The third-order valence-corrected chi connectivity index (χ3v) is 4.99. The van der Waals surface area contributed by atoms with Crippen molar-refractivity contribution in [2.24, 2.45) is 17.8 Å². The summed E-state index contributed by atoms with van der Waals surface area (Å²) < 4.78 is 6.02. The second-order valence-electron chi connectivity index (χ2n) is 6.07. The summed E-state index contributed by atoms with van der Waals surface area (Å²) in [6.45, 7) is 14.7. The Morgan fingerprint density at radius 1 is 1.00 bits per heavy atom. The first-order valence-electron chi connectivity index (χ1n) is 7.93. The lowest BCUT2D eigenvalue weighted by Crippen LogP contribution is -2.43. The third kappa shape index (κ3) is 3.71. The minimum absolute atomic E-state index is 0.397. The molecule has 0 saturated carbocycles. The molecular formula is C16H33NO. The normalized spacial score (nSPS) is 34.2. The van der Waals surface area contributed by atoms with E-state index in [0.29, 0.717) is 30.1 Å². The fourth-order valence-electron chi connectivity index (χ4n) is 3.61. The van der Waals surface area contributed by atoms with Crippen molar-refractivity contribution in [2.45, 2.75) is 79.1 Å². The third-order valence-electron chi connectivity index (χ3n) is 4.99. The Balaban J connectivity index is 2.71. The molecule has 2 heteroatoms. The van der Waals surface area contributed by atoms with Crippen LogP contribution in [0.15, 0.2) is 0 Å².